The number of nitrogens with zero attached hydrogens (tertiary/aromatic N) is 10. The Labute approximate surface area is 653 Å². The minimum Gasteiger partial charge on any atom is -0.702 e. The van der Waals surface area contributed by atoms with Crippen LogP contribution in [0.15, 0.2) is 36.8 Å². The van der Waals surface area contributed by atoms with Gasteiger partial charge in [0.2, 0.25) is 17.6 Å². The van der Waals surface area contributed by atoms with Gasteiger partial charge in [-0.1, -0.05) is 0 Å². The molecule has 3 aromatic rings. The number of carbonyl (C=O) groups excluding carboxylic acids is 5. The minimum atomic E-state index is -4.62. The maximum absolute atomic E-state index is 13.5. The van der Waals surface area contributed by atoms with Crippen LogP contribution in [0.4, 0.5) is 71.0 Å². The summed E-state index contributed by atoms with van der Waals surface area (Å²) in [7, 11) is 5.53. The fourth-order valence-corrected chi connectivity index (χ4v) is 8.59. The fraction of sp³-hybridized carbons (Fsp3) is 0.682. The molecule has 0 bridgehead atoms. The van der Waals surface area contributed by atoms with E-state index in [0.717, 1.165) is 38.2 Å². The molecule has 0 spiro atoms. The number of carbonyl (C=O) groups is 6. The fourth-order valence-electron chi connectivity index (χ4n) is 8.59. The zero-order chi connectivity index (χ0) is 80.8. The number of pyridine rings is 3. The van der Waals surface area contributed by atoms with E-state index in [-0.39, 0.29) is 120 Å². The molecule has 0 unspecified atom stereocenters. The van der Waals surface area contributed by atoms with Crippen LogP contribution in [0.25, 0.3) is 0 Å². The molecule has 6 heterocycles. The van der Waals surface area contributed by atoms with Crippen LogP contribution in [0.2, 0.25) is 0 Å². The van der Waals surface area contributed by atoms with Gasteiger partial charge in [-0.3, -0.25) is 24.2 Å². The van der Waals surface area contributed by atoms with Crippen LogP contribution in [0.5, 0.6) is 17.6 Å². The molecule has 108 heavy (non-hydrogen) atoms. The van der Waals surface area contributed by atoms with Crippen LogP contribution < -0.4 is 63.8 Å². The van der Waals surface area contributed by atoms with Crippen molar-refractivity contribution in [3.8, 4) is 17.6 Å². The van der Waals surface area contributed by atoms with Crippen LogP contribution in [0.1, 0.15) is 119 Å². The molecular formula is C66H105BClF9N11NaO19. The Hall–Kier alpha value is -7.05. The second-order valence-electron chi connectivity index (χ2n) is 26.3. The number of halogens is 10. The summed E-state index contributed by atoms with van der Waals surface area (Å²) < 4.78 is 164. The van der Waals surface area contributed by atoms with E-state index in [9.17, 15) is 63.5 Å². The van der Waals surface area contributed by atoms with Crippen LogP contribution in [-0.2, 0) is 61.2 Å². The van der Waals surface area contributed by atoms with Crippen molar-refractivity contribution in [1.29, 1.82) is 0 Å². The molecular weight excluding hydrogens is 1490 g/mol. The normalized spacial score (nSPS) is 13.9. The third-order valence-corrected chi connectivity index (χ3v) is 13.5. The quantitative estimate of drug-likeness (QED) is 0.0266. The van der Waals surface area contributed by atoms with Gasteiger partial charge in [0, 0.05) is 173 Å². The minimum absolute atomic E-state index is 0. The summed E-state index contributed by atoms with van der Waals surface area (Å²) in [4.78, 5) is 87.8. The van der Waals surface area contributed by atoms with Gasteiger partial charge in [0.1, 0.15) is 47.9 Å². The Balaban J connectivity index is 0. The van der Waals surface area contributed by atoms with E-state index in [1.54, 1.807) is 39.8 Å². The number of piperazine rings is 3. The molecule has 2 radical (unpaired) electrons. The number of ether oxygens (including phenoxy) is 7. The number of rotatable bonds is 22. The summed E-state index contributed by atoms with van der Waals surface area (Å²) in [5, 5.41) is 36.7. The predicted molar refractivity (Wildman–Crippen MR) is 378 cm³/mol. The van der Waals surface area contributed by atoms with E-state index in [4.69, 9.17) is 58.4 Å². The third-order valence-electron chi connectivity index (χ3n) is 13.5. The van der Waals surface area contributed by atoms with E-state index in [0.29, 0.717) is 103 Å². The summed E-state index contributed by atoms with van der Waals surface area (Å²) in [5.41, 5.74) is -3.23. The zero-order valence-electron chi connectivity index (χ0n) is 64.2. The first kappa shape index (κ1) is 103. The SMILES string of the molecule is CC(=O)O.CC(=O)O[B-]OC(C)=O.CC(C)(C)OC(=O)N1CCN(c2cnc(OCCCO)c(C(F)(F)F)c2)CC1.CN(CCN1CCN(c2cnc(OCCCO)c(C(F)(F)F)c2)CC1)C(=O)OC(C)(C)C.COCN(C)C(=O)OC(C)(C)C.Cl.OCCCOc1ncc(N2CCNCC2)cc1C(F)(F)F.[Na+]. The molecule has 3 aliphatic heterocycles. The number of aliphatic carboxylic acids is 1. The first-order valence-electron chi connectivity index (χ1n) is 33.5. The Morgan fingerprint density at radius 2 is 0.833 bits per heavy atom. The summed E-state index contributed by atoms with van der Waals surface area (Å²) >= 11 is 0. The molecule has 0 aromatic carbocycles. The van der Waals surface area contributed by atoms with Gasteiger partial charge in [0.15, 0.2) is 0 Å². The van der Waals surface area contributed by atoms with Crippen LogP contribution in [-0.4, -0.2) is 275 Å². The number of aliphatic hydroxyl groups is 3. The zero-order valence-corrected chi connectivity index (χ0v) is 67.0. The maximum Gasteiger partial charge on any atom is 1.00 e. The number of aliphatic hydroxyl groups excluding tert-OH is 3. The number of hydrogen-bond donors (Lipinski definition) is 5. The van der Waals surface area contributed by atoms with Crippen molar-refractivity contribution < 1.29 is 161 Å². The molecule has 3 amide bonds. The van der Waals surface area contributed by atoms with Crippen molar-refractivity contribution in [1.82, 2.24) is 39.9 Å². The second-order valence-corrected chi connectivity index (χ2v) is 26.3. The largest absolute Gasteiger partial charge is 1.00 e. The van der Waals surface area contributed by atoms with E-state index < -0.39 is 93.7 Å². The van der Waals surface area contributed by atoms with Crippen molar-refractivity contribution in [2.24, 2.45) is 0 Å². The molecule has 3 aliphatic rings. The first-order valence-corrected chi connectivity index (χ1v) is 33.5. The standard InChI is InChI=1S/C21H33F3N4O4.C18H26F3N3O4.C13H18F3N3O2.C8H17NO3.C4H6BO4.C2H4O2.ClH.Na/c1-20(2,3)32-19(30)26(4)6-7-27-8-10-28(11-9-27)16-14-17(21(22,23)24)18(25-15-16)31-13-5-12-29;1-17(2,3)28-16(26)24-7-5-23(6-8-24)13-11-14(18(19,20)21)15(22-12-13)27-10-4-9-25;14-13(15,16)11-8-10(19-4-2-17-3-5-19)9-18-12(11)21-7-1-6-20;1-8(2,3)12-7(10)9(4)6-11-5;1-3(6)8-5-9-4(2)7;1-2(3)4;;/h14-15,29H,5-13H2,1-4H3;11-12,25H,4-10H2,1-3H3;8-9,17,20H,1-7H2;6H2,1-5H3;1-2H3;1H3,(H,3,4);1H;/q;;;;-1;;;+1. The number of carboxylic acids is 1. The second kappa shape index (κ2) is 50.7. The molecule has 612 valence electrons. The molecule has 0 atom stereocenters. The molecule has 5 N–H and O–H groups in total. The number of carboxylic acid groups (broad SMARTS) is 1. The number of likely N-dealkylation sites (N-methyl/N-ethyl adjacent to an activating group) is 1. The smallest absolute Gasteiger partial charge is 0.702 e. The summed E-state index contributed by atoms with van der Waals surface area (Å²) in [6.07, 6.45) is -10.1. The van der Waals surface area contributed by atoms with Gasteiger partial charge in [0.05, 0.1) is 55.5 Å². The molecule has 42 heteroatoms. The Morgan fingerprint density at radius 3 is 1.13 bits per heavy atom. The molecule has 0 aliphatic carbocycles. The Bertz CT molecular complexity index is 3110. The molecule has 3 aromatic heterocycles. The van der Waals surface area contributed by atoms with Crippen molar-refractivity contribution in [3.05, 3.63) is 53.5 Å². The number of aromatic nitrogens is 3. The van der Waals surface area contributed by atoms with Crippen molar-refractivity contribution in [2.75, 3.05) is 174 Å². The van der Waals surface area contributed by atoms with Gasteiger partial charge < -0.3 is 92.7 Å². The van der Waals surface area contributed by atoms with E-state index >= 15 is 0 Å². The third kappa shape index (κ3) is 44.6. The van der Waals surface area contributed by atoms with Crippen molar-refractivity contribution in [2.45, 2.75) is 138 Å². The van der Waals surface area contributed by atoms with Gasteiger partial charge in [-0.25, -0.2) is 29.3 Å². The summed E-state index contributed by atoms with van der Waals surface area (Å²) in [5.74, 6) is -3.28. The van der Waals surface area contributed by atoms with Gasteiger partial charge in [-0.05, 0) is 80.5 Å². The number of anilines is 3. The van der Waals surface area contributed by atoms with Crippen molar-refractivity contribution >= 4 is 73.3 Å². The van der Waals surface area contributed by atoms with E-state index in [2.05, 4.69) is 34.5 Å². The molecule has 0 saturated carbocycles. The van der Waals surface area contributed by atoms with Crippen LogP contribution in [0.3, 0.4) is 0 Å². The Kier molecular flexibility index (Phi) is 48.3. The Morgan fingerprint density at radius 1 is 0.519 bits per heavy atom. The molecule has 3 fully saturated rings. The van der Waals surface area contributed by atoms with Gasteiger partial charge in [-0.2, -0.15) is 39.5 Å². The van der Waals surface area contributed by atoms with Crippen molar-refractivity contribution in [3.63, 3.8) is 0 Å². The number of methoxy groups -OCH3 is 1. The average molecular weight is 1600 g/mol. The summed E-state index contributed by atoms with van der Waals surface area (Å²) in [6.45, 7) is 27.1. The van der Waals surface area contributed by atoms with Gasteiger partial charge in [0.25, 0.3) is 17.9 Å². The topological polar surface area (TPSA) is 340 Å². The van der Waals surface area contributed by atoms with Gasteiger partial charge in [-0.15, -0.1) is 12.4 Å². The predicted octanol–water partition coefficient (Wildman–Crippen LogP) is 5.66. The molecule has 3 saturated heterocycles. The average Bonchev–Trinajstić information content (AvgIpc) is 0.816. The first-order chi connectivity index (χ1) is 49.2. The number of amides is 3. The van der Waals surface area contributed by atoms with Crippen LogP contribution in [0, 0.1) is 0 Å². The number of alkyl halides is 9. The molecule has 30 nitrogen and oxygen atoms in total. The number of nitrogens with one attached hydrogen (secondary N) is 1. The maximum atomic E-state index is 13.5. The van der Waals surface area contributed by atoms with Gasteiger partial charge >= 0.3 is 66.4 Å². The van der Waals surface area contributed by atoms with E-state index in [1.807, 2.05) is 51.3 Å². The molecule has 6 rings (SSSR count). The monoisotopic (exact) mass is 1600 g/mol. The van der Waals surface area contributed by atoms with E-state index in [1.165, 1.54) is 54.2 Å². The number of hydrogen-bond acceptors (Lipinski definition) is 26. The summed E-state index contributed by atoms with van der Waals surface area (Å²) in [6, 6.07) is 3.14. The van der Waals surface area contributed by atoms with Crippen LogP contribution >= 0.6 is 12.4 Å².